The van der Waals surface area contributed by atoms with Crippen LogP contribution < -0.4 is 9.04 Å². The Labute approximate surface area is 149 Å². The first-order valence-corrected chi connectivity index (χ1v) is 9.11. The van der Waals surface area contributed by atoms with Crippen molar-refractivity contribution in [2.24, 2.45) is 0 Å². The van der Waals surface area contributed by atoms with Gasteiger partial charge >= 0.3 is 5.97 Å². The Morgan fingerprint density at radius 1 is 1.04 bits per heavy atom. The van der Waals surface area contributed by atoms with Crippen LogP contribution in [0.4, 0.5) is 5.69 Å². The molecule has 0 atom stereocenters. The number of halogens is 1. The topological polar surface area (TPSA) is 72.9 Å². The molecule has 2 aromatic rings. The molecule has 0 fully saturated rings. The van der Waals surface area contributed by atoms with E-state index in [0.717, 1.165) is 8.78 Å². The molecule has 0 aliphatic rings. The lowest BCUT2D eigenvalue weighted by Gasteiger charge is -2.23. The van der Waals surface area contributed by atoms with Crippen LogP contribution in [0.3, 0.4) is 0 Å². The van der Waals surface area contributed by atoms with Gasteiger partial charge < -0.3 is 9.47 Å². The van der Waals surface area contributed by atoms with Gasteiger partial charge in [0, 0.05) is 4.47 Å². The molecule has 0 saturated carbocycles. The summed E-state index contributed by atoms with van der Waals surface area (Å²) in [7, 11) is -1.20. The third kappa shape index (κ3) is 4.07. The lowest BCUT2D eigenvalue weighted by molar-refractivity contribution is -0.138. The summed E-state index contributed by atoms with van der Waals surface area (Å²) in [5, 5.41) is 0. The highest BCUT2D eigenvalue weighted by Crippen LogP contribution is 2.26. The van der Waals surface area contributed by atoms with Gasteiger partial charge in [-0.25, -0.2) is 8.42 Å². The molecule has 2 rings (SSSR count). The number of hydrogen-bond donors (Lipinski definition) is 0. The largest absolute Gasteiger partial charge is 0.497 e. The van der Waals surface area contributed by atoms with Gasteiger partial charge in [0.25, 0.3) is 10.0 Å². The van der Waals surface area contributed by atoms with Crippen LogP contribution in [0.15, 0.2) is 57.9 Å². The molecule has 0 unspecified atom stereocenters. The van der Waals surface area contributed by atoms with Crippen molar-refractivity contribution in [2.75, 3.05) is 25.1 Å². The number of rotatable bonds is 6. The number of sulfonamides is 1. The van der Waals surface area contributed by atoms with Crippen LogP contribution in [0.2, 0.25) is 0 Å². The molecule has 0 aliphatic heterocycles. The molecule has 0 saturated heterocycles. The van der Waals surface area contributed by atoms with Crippen LogP contribution in [0.5, 0.6) is 5.75 Å². The molecule has 0 amide bonds. The minimum absolute atomic E-state index is 0.0745. The van der Waals surface area contributed by atoms with Gasteiger partial charge in [0.2, 0.25) is 0 Å². The van der Waals surface area contributed by atoms with E-state index in [9.17, 15) is 13.2 Å². The summed E-state index contributed by atoms with van der Waals surface area (Å²) in [6.45, 7) is -0.429. The number of methoxy groups -OCH3 is 2. The number of carbonyl (C=O) groups excluding carboxylic acids is 1. The van der Waals surface area contributed by atoms with Crippen LogP contribution in [-0.2, 0) is 19.6 Å². The molecule has 2 aromatic carbocycles. The van der Waals surface area contributed by atoms with Crippen molar-refractivity contribution in [1.82, 2.24) is 0 Å². The number of nitrogens with zero attached hydrogens (tertiary/aromatic N) is 1. The molecule has 0 radical (unpaired) electrons. The molecule has 8 heteroatoms. The first-order chi connectivity index (χ1) is 11.4. The van der Waals surface area contributed by atoms with Crippen LogP contribution in [-0.4, -0.2) is 35.2 Å². The van der Waals surface area contributed by atoms with Crippen molar-refractivity contribution >= 4 is 37.6 Å². The summed E-state index contributed by atoms with van der Waals surface area (Å²) >= 11 is 3.27. The summed E-state index contributed by atoms with van der Waals surface area (Å²) in [6.07, 6.45) is 0. The van der Waals surface area contributed by atoms with Gasteiger partial charge in [-0.1, -0.05) is 15.9 Å². The third-order valence-electron chi connectivity index (χ3n) is 3.26. The molecule has 0 N–H and O–H groups in total. The quantitative estimate of drug-likeness (QED) is 0.680. The van der Waals surface area contributed by atoms with Crippen LogP contribution in [0, 0.1) is 0 Å². The minimum atomic E-state index is -3.92. The van der Waals surface area contributed by atoms with Crippen molar-refractivity contribution in [3.8, 4) is 5.75 Å². The molecule has 0 aliphatic carbocycles. The van der Waals surface area contributed by atoms with E-state index in [1.165, 1.54) is 26.4 Å². The highest BCUT2D eigenvalue weighted by molar-refractivity contribution is 9.10. The molecule has 24 heavy (non-hydrogen) atoms. The van der Waals surface area contributed by atoms with E-state index in [4.69, 9.17) is 4.74 Å². The SMILES string of the molecule is COC(=O)CN(c1ccc(OC)cc1)S(=O)(=O)c1ccc(Br)cc1. The molecule has 6 nitrogen and oxygen atoms in total. The zero-order chi connectivity index (χ0) is 17.7. The van der Waals surface area contributed by atoms with Crippen LogP contribution >= 0.6 is 15.9 Å². The molecule has 0 heterocycles. The van der Waals surface area contributed by atoms with Gasteiger partial charge in [-0.05, 0) is 48.5 Å². The van der Waals surface area contributed by atoms with Gasteiger partial charge in [-0.2, -0.15) is 0 Å². The number of ether oxygens (including phenoxy) is 2. The summed E-state index contributed by atoms with van der Waals surface area (Å²) in [5.74, 6) is -0.0793. The van der Waals surface area contributed by atoms with Gasteiger partial charge in [0.15, 0.2) is 0 Å². The number of anilines is 1. The second kappa shape index (κ2) is 7.67. The summed E-state index contributed by atoms with van der Waals surface area (Å²) in [5.41, 5.74) is 0.337. The van der Waals surface area contributed by atoms with Crippen molar-refractivity contribution in [3.63, 3.8) is 0 Å². The Kier molecular flexibility index (Phi) is 5.84. The van der Waals surface area contributed by atoms with E-state index in [0.29, 0.717) is 11.4 Å². The first-order valence-electron chi connectivity index (χ1n) is 6.87. The van der Waals surface area contributed by atoms with Crippen LogP contribution in [0.25, 0.3) is 0 Å². The molecule has 0 bridgehead atoms. The van der Waals surface area contributed by atoms with E-state index in [1.54, 1.807) is 36.4 Å². The van der Waals surface area contributed by atoms with Crippen molar-refractivity contribution in [3.05, 3.63) is 53.0 Å². The Morgan fingerprint density at radius 2 is 1.62 bits per heavy atom. The fraction of sp³-hybridized carbons (Fsp3) is 0.188. The second-order valence-corrected chi connectivity index (χ2v) is 7.52. The van der Waals surface area contributed by atoms with Gasteiger partial charge in [-0.15, -0.1) is 0 Å². The standard InChI is InChI=1S/C16H16BrNO5S/c1-22-14-7-5-13(6-8-14)18(11-16(19)23-2)24(20,21)15-9-3-12(17)4-10-15/h3-10H,11H2,1-2H3. The van der Waals surface area contributed by atoms with E-state index in [1.807, 2.05) is 0 Å². The van der Waals surface area contributed by atoms with E-state index >= 15 is 0 Å². The highest BCUT2D eigenvalue weighted by Gasteiger charge is 2.27. The normalized spacial score (nSPS) is 11.0. The minimum Gasteiger partial charge on any atom is -0.497 e. The van der Waals surface area contributed by atoms with E-state index in [-0.39, 0.29) is 4.90 Å². The van der Waals surface area contributed by atoms with Crippen molar-refractivity contribution in [2.45, 2.75) is 4.90 Å². The maximum atomic E-state index is 12.9. The van der Waals surface area contributed by atoms with Gasteiger partial charge in [0.1, 0.15) is 12.3 Å². The van der Waals surface area contributed by atoms with Gasteiger partial charge in [-0.3, -0.25) is 9.10 Å². The number of carbonyl (C=O) groups is 1. The Morgan fingerprint density at radius 3 is 2.12 bits per heavy atom. The van der Waals surface area contributed by atoms with Crippen LogP contribution in [0.1, 0.15) is 0 Å². The Hall–Kier alpha value is -2.06. The summed E-state index contributed by atoms with van der Waals surface area (Å²) in [4.78, 5) is 11.8. The fourth-order valence-electron chi connectivity index (χ4n) is 1.98. The number of hydrogen-bond acceptors (Lipinski definition) is 5. The predicted molar refractivity (Wildman–Crippen MR) is 93.7 cm³/mol. The lowest BCUT2D eigenvalue weighted by atomic mass is 10.3. The van der Waals surface area contributed by atoms with Crippen molar-refractivity contribution < 1.29 is 22.7 Å². The lowest BCUT2D eigenvalue weighted by Crippen LogP contribution is -2.36. The smallest absolute Gasteiger partial charge is 0.326 e. The molecular weight excluding hydrogens is 398 g/mol. The molecule has 0 aromatic heterocycles. The molecule has 0 spiro atoms. The average molecular weight is 414 g/mol. The number of benzene rings is 2. The first kappa shape index (κ1) is 18.3. The van der Waals surface area contributed by atoms with E-state index in [2.05, 4.69) is 20.7 Å². The molecular formula is C16H16BrNO5S. The highest BCUT2D eigenvalue weighted by atomic mass is 79.9. The zero-order valence-corrected chi connectivity index (χ0v) is 15.5. The summed E-state index contributed by atoms with van der Waals surface area (Å²) < 4.78 is 37.3. The number of esters is 1. The summed E-state index contributed by atoms with van der Waals surface area (Å²) in [6, 6.07) is 12.6. The van der Waals surface area contributed by atoms with E-state index < -0.39 is 22.5 Å². The fourth-order valence-corrected chi connectivity index (χ4v) is 3.65. The Bertz CT molecular complexity index is 803. The maximum absolute atomic E-state index is 12.9. The van der Waals surface area contributed by atoms with Crippen molar-refractivity contribution in [1.29, 1.82) is 0 Å². The third-order valence-corrected chi connectivity index (χ3v) is 5.58. The zero-order valence-electron chi connectivity index (χ0n) is 13.1. The average Bonchev–Trinajstić information content (AvgIpc) is 2.59. The monoisotopic (exact) mass is 413 g/mol. The predicted octanol–water partition coefficient (Wildman–Crippen LogP) is 2.83. The maximum Gasteiger partial charge on any atom is 0.326 e. The molecule has 128 valence electrons. The van der Waals surface area contributed by atoms with Gasteiger partial charge in [0.05, 0.1) is 24.8 Å². The second-order valence-electron chi connectivity index (χ2n) is 4.74. The Balaban J connectivity index is 2.47.